The van der Waals surface area contributed by atoms with Crippen LogP contribution >= 0.6 is 0 Å². The van der Waals surface area contributed by atoms with E-state index in [1.807, 2.05) is 30.3 Å². The minimum atomic E-state index is -0.868. The molecule has 1 heterocycles. The van der Waals surface area contributed by atoms with Gasteiger partial charge in [-0.15, -0.1) is 0 Å². The SMILES string of the molecule is CC(=O)N[C@@H](C)C(=O)OCc1c([N+](=O)[O-])ncn1COCc1ccccc1. The smallest absolute Gasteiger partial charge is 0.388 e. The summed E-state index contributed by atoms with van der Waals surface area (Å²) in [6, 6.07) is 8.55. The zero-order chi connectivity index (χ0) is 19.8. The fourth-order valence-electron chi connectivity index (χ4n) is 2.27. The lowest BCUT2D eigenvalue weighted by Crippen LogP contribution is -2.38. The van der Waals surface area contributed by atoms with Gasteiger partial charge in [-0.1, -0.05) is 30.3 Å². The molecule has 1 aromatic heterocycles. The van der Waals surface area contributed by atoms with Crippen molar-refractivity contribution in [3.05, 3.63) is 58.0 Å². The number of imidazole rings is 1. The number of nitrogens with one attached hydrogen (secondary N) is 1. The van der Waals surface area contributed by atoms with Crippen LogP contribution in [-0.4, -0.2) is 32.4 Å². The number of esters is 1. The quantitative estimate of drug-likeness (QED) is 0.399. The van der Waals surface area contributed by atoms with Gasteiger partial charge in [0, 0.05) is 6.92 Å². The van der Waals surface area contributed by atoms with Gasteiger partial charge in [0.2, 0.25) is 12.2 Å². The summed E-state index contributed by atoms with van der Waals surface area (Å²) in [5.41, 5.74) is 1.04. The average Bonchev–Trinajstić information content (AvgIpc) is 3.03. The molecule has 1 amide bonds. The number of carbonyl (C=O) groups excluding carboxylic acids is 2. The van der Waals surface area contributed by atoms with Gasteiger partial charge in [0.15, 0.2) is 5.69 Å². The second-order valence-corrected chi connectivity index (χ2v) is 5.73. The van der Waals surface area contributed by atoms with E-state index < -0.39 is 22.8 Å². The maximum Gasteiger partial charge on any atom is 0.388 e. The van der Waals surface area contributed by atoms with Crippen LogP contribution in [0.2, 0.25) is 0 Å². The molecule has 10 heteroatoms. The van der Waals surface area contributed by atoms with Crippen LogP contribution in [0.15, 0.2) is 36.7 Å². The Kier molecular flexibility index (Phi) is 7.00. The molecule has 144 valence electrons. The van der Waals surface area contributed by atoms with Crippen molar-refractivity contribution in [2.75, 3.05) is 0 Å². The number of hydrogen-bond acceptors (Lipinski definition) is 7. The number of nitro groups is 1. The van der Waals surface area contributed by atoms with Gasteiger partial charge >= 0.3 is 11.8 Å². The molecular weight excluding hydrogens is 356 g/mol. The molecule has 1 atom stereocenters. The number of hydrogen-bond donors (Lipinski definition) is 1. The number of rotatable bonds is 9. The number of aromatic nitrogens is 2. The maximum absolute atomic E-state index is 11.9. The van der Waals surface area contributed by atoms with Crippen LogP contribution in [0.3, 0.4) is 0 Å². The maximum atomic E-state index is 11.9. The van der Waals surface area contributed by atoms with Crippen LogP contribution in [0.5, 0.6) is 0 Å². The van der Waals surface area contributed by atoms with Crippen molar-refractivity contribution in [2.45, 2.75) is 39.8 Å². The predicted octanol–water partition coefficient (Wildman–Crippen LogP) is 1.53. The normalized spacial score (nSPS) is 11.6. The van der Waals surface area contributed by atoms with E-state index in [-0.39, 0.29) is 24.9 Å². The van der Waals surface area contributed by atoms with Crippen LogP contribution in [0.1, 0.15) is 25.1 Å². The molecule has 2 aromatic rings. The van der Waals surface area contributed by atoms with E-state index in [0.717, 1.165) is 5.56 Å². The van der Waals surface area contributed by atoms with Crippen molar-refractivity contribution in [3.63, 3.8) is 0 Å². The topological polar surface area (TPSA) is 126 Å². The van der Waals surface area contributed by atoms with Crippen LogP contribution in [0.4, 0.5) is 5.82 Å². The molecular formula is C17H20N4O6. The van der Waals surface area contributed by atoms with E-state index in [9.17, 15) is 19.7 Å². The Balaban J connectivity index is 2.00. The van der Waals surface area contributed by atoms with Crippen LogP contribution in [0.25, 0.3) is 0 Å². The first-order chi connectivity index (χ1) is 12.9. The third-order valence-electron chi connectivity index (χ3n) is 3.56. The van der Waals surface area contributed by atoms with Gasteiger partial charge in [-0.25, -0.2) is 4.79 Å². The van der Waals surface area contributed by atoms with Gasteiger partial charge in [0.05, 0.1) is 6.61 Å². The summed E-state index contributed by atoms with van der Waals surface area (Å²) in [6.45, 7) is 2.68. The molecule has 0 bridgehead atoms. The van der Waals surface area contributed by atoms with E-state index in [0.29, 0.717) is 6.61 Å². The second-order valence-electron chi connectivity index (χ2n) is 5.73. The monoisotopic (exact) mass is 376 g/mol. The Labute approximate surface area is 155 Å². The van der Waals surface area contributed by atoms with Gasteiger partial charge in [-0.3, -0.25) is 9.36 Å². The number of ether oxygens (including phenoxy) is 2. The van der Waals surface area contributed by atoms with Gasteiger partial charge < -0.3 is 24.9 Å². The van der Waals surface area contributed by atoms with Crippen molar-refractivity contribution >= 4 is 17.7 Å². The minimum Gasteiger partial charge on any atom is -0.457 e. The Bertz CT molecular complexity index is 805. The van der Waals surface area contributed by atoms with E-state index >= 15 is 0 Å². The molecule has 0 spiro atoms. The standard InChI is InChI=1S/C17H20N4O6/c1-12(19-13(2)22)17(23)27-9-15-16(21(24)25)18-10-20(15)11-26-8-14-6-4-3-5-7-14/h3-7,10,12H,8-9,11H2,1-2H3,(H,19,22)/t12-/m0/s1. The summed E-state index contributed by atoms with van der Waals surface area (Å²) in [7, 11) is 0. The highest BCUT2D eigenvalue weighted by atomic mass is 16.6. The molecule has 27 heavy (non-hydrogen) atoms. The average molecular weight is 376 g/mol. The van der Waals surface area contributed by atoms with Crippen LogP contribution < -0.4 is 5.32 Å². The summed E-state index contributed by atoms with van der Waals surface area (Å²) in [5, 5.41) is 13.5. The van der Waals surface area contributed by atoms with Crippen LogP contribution in [-0.2, 0) is 39.0 Å². The number of benzene rings is 1. The largest absolute Gasteiger partial charge is 0.457 e. The molecule has 1 N–H and O–H groups in total. The van der Waals surface area contributed by atoms with Crippen molar-refractivity contribution < 1.29 is 24.0 Å². The molecule has 1 aromatic carbocycles. The summed E-state index contributed by atoms with van der Waals surface area (Å²) in [5.74, 6) is -1.51. The molecule has 0 aliphatic carbocycles. The first kappa shape index (κ1) is 20.0. The number of carbonyl (C=O) groups is 2. The van der Waals surface area contributed by atoms with Gasteiger partial charge in [-0.2, -0.15) is 0 Å². The zero-order valence-corrected chi connectivity index (χ0v) is 15.0. The summed E-state index contributed by atoms with van der Waals surface area (Å²) in [4.78, 5) is 37.1. The van der Waals surface area contributed by atoms with E-state index in [4.69, 9.17) is 9.47 Å². The highest BCUT2D eigenvalue weighted by Crippen LogP contribution is 2.18. The molecule has 0 radical (unpaired) electrons. The van der Waals surface area contributed by atoms with Gasteiger partial charge in [0.25, 0.3) is 0 Å². The van der Waals surface area contributed by atoms with E-state index in [1.54, 1.807) is 0 Å². The lowest BCUT2D eigenvalue weighted by molar-refractivity contribution is -0.390. The van der Waals surface area contributed by atoms with E-state index in [2.05, 4.69) is 10.3 Å². The first-order valence-electron chi connectivity index (χ1n) is 8.12. The van der Waals surface area contributed by atoms with Crippen molar-refractivity contribution in [1.29, 1.82) is 0 Å². The fourth-order valence-corrected chi connectivity index (χ4v) is 2.27. The lowest BCUT2D eigenvalue weighted by Gasteiger charge is -2.13. The molecule has 0 unspecified atom stereocenters. The second kappa shape index (κ2) is 9.43. The Morgan fingerprint density at radius 1 is 1.30 bits per heavy atom. The number of amides is 1. The highest BCUT2D eigenvalue weighted by Gasteiger charge is 2.24. The molecule has 0 fully saturated rings. The predicted molar refractivity (Wildman–Crippen MR) is 93.2 cm³/mol. The summed E-state index contributed by atoms with van der Waals surface area (Å²) < 4.78 is 12.0. The highest BCUT2D eigenvalue weighted by molar-refractivity contribution is 5.82. The van der Waals surface area contributed by atoms with Crippen LogP contribution in [0, 0.1) is 10.1 Å². The number of nitrogens with zero attached hydrogens (tertiary/aromatic N) is 3. The third kappa shape index (κ3) is 5.89. The zero-order valence-electron chi connectivity index (χ0n) is 15.0. The molecule has 0 saturated heterocycles. The molecule has 2 rings (SSSR count). The van der Waals surface area contributed by atoms with Crippen molar-refractivity contribution in [1.82, 2.24) is 14.9 Å². The first-order valence-corrected chi connectivity index (χ1v) is 8.12. The molecule has 10 nitrogen and oxygen atoms in total. The van der Waals surface area contributed by atoms with Gasteiger partial charge in [0.1, 0.15) is 19.4 Å². The van der Waals surface area contributed by atoms with Crippen molar-refractivity contribution in [3.8, 4) is 0 Å². The van der Waals surface area contributed by atoms with E-state index in [1.165, 1.54) is 24.7 Å². The van der Waals surface area contributed by atoms with Crippen molar-refractivity contribution in [2.24, 2.45) is 0 Å². The Morgan fingerprint density at radius 3 is 2.63 bits per heavy atom. The lowest BCUT2D eigenvalue weighted by atomic mass is 10.2. The minimum absolute atomic E-state index is 0.00384. The Hall–Kier alpha value is -3.27. The summed E-state index contributed by atoms with van der Waals surface area (Å²) in [6.07, 6.45) is 1.25. The third-order valence-corrected chi connectivity index (χ3v) is 3.56. The Morgan fingerprint density at radius 2 is 2.00 bits per heavy atom. The molecule has 0 saturated carbocycles. The fraction of sp³-hybridized carbons (Fsp3) is 0.353. The van der Waals surface area contributed by atoms with Gasteiger partial charge in [-0.05, 0) is 22.4 Å². The molecule has 0 aliphatic rings. The molecule has 0 aliphatic heterocycles. The summed E-state index contributed by atoms with van der Waals surface area (Å²) >= 11 is 0.